The molecule has 0 aliphatic carbocycles. The summed E-state index contributed by atoms with van der Waals surface area (Å²) in [4.78, 5) is 11.3. The van der Waals surface area contributed by atoms with E-state index in [1.807, 2.05) is 12.1 Å². The molecule has 6 nitrogen and oxygen atoms in total. The van der Waals surface area contributed by atoms with Crippen LogP contribution in [-0.2, 0) is 6.54 Å². The lowest BCUT2D eigenvalue weighted by Crippen LogP contribution is -2.41. The van der Waals surface area contributed by atoms with Gasteiger partial charge in [0.05, 0.1) is 12.2 Å². The molecule has 154 valence electrons. The fraction of sp³-hybridized carbons (Fsp3) is 0.545. The minimum atomic E-state index is 0.562. The highest BCUT2D eigenvalue weighted by Crippen LogP contribution is 2.18. The van der Waals surface area contributed by atoms with Crippen LogP contribution in [0.1, 0.15) is 45.4 Å². The van der Waals surface area contributed by atoms with Gasteiger partial charge in [-0.15, -0.1) is 0 Å². The highest BCUT2D eigenvalue weighted by Gasteiger charge is 2.12. The monoisotopic (exact) mass is 385 g/mol. The summed E-state index contributed by atoms with van der Waals surface area (Å²) in [6, 6.07) is 9.29. The van der Waals surface area contributed by atoms with Gasteiger partial charge in [-0.3, -0.25) is 9.89 Å². The van der Waals surface area contributed by atoms with Crippen LogP contribution in [0.5, 0.6) is 0 Å². The Morgan fingerprint density at radius 3 is 2.39 bits per heavy atom. The number of aromatic nitrogens is 1. The summed E-state index contributed by atoms with van der Waals surface area (Å²) in [6.07, 6.45) is 2.76. The van der Waals surface area contributed by atoms with Crippen molar-refractivity contribution in [1.29, 1.82) is 0 Å². The Hall–Kier alpha value is -2.34. The minimum Gasteiger partial charge on any atom is -0.444 e. The summed E-state index contributed by atoms with van der Waals surface area (Å²) >= 11 is 0. The molecular weight excluding hydrogens is 350 g/mol. The summed E-state index contributed by atoms with van der Waals surface area (Å²) in [6.45, 7) is 13.6. The van der Waals surface area contributed by atoms with Gasteiger partial charge in [0.15, 0.2) is 5.96 Å². The number of guanidine groups is 1. The third kappa shape index (κ3) is 6.68. The highest BCUT2D eigenvalue weighted by molar-refractivity contribution is 5.79. The third-order valence-corrected chi connectivity index (χ3v) is 4.72. The van der Waals surface area contributed by atoms with Crippen molar-refractivity contribution in [2.75, 3.05) is 20.1 Å². The van der Waals surface area contributed by atoms with E-state index in [9.17, 15) is 0 Å². The minimum absolute atomic E-state index is 0.562. The van der Waals surface area contributed by atoms with Crippen molar-refractivity contribution in [3.63, 3.8) is 0 Å². The number of benzene rings is 1. The van der Waals surface area contributed by atoms with Gasteiger partial charge in [0, 0.05) is 37.8 Å². The molecule has 0 saturated carbocycles. The van der Waals surface area contributed by atoms with Gasteiger partial charge in [-0.1, -0.05) is 17.7 Å². The van der Waals surface area contributed by atoms with E-state index < -0.39 is 0 Å². The lowest BCUT2D eigenvalue weighted by molar-refractivity contribution is 0.173. The summed E-state index contributed by atoms with van der Waals surface area (Å²) in [7, 11) is 1.78. The normalized spacial score (nSPS) is 12.2. The summed E-state index contributed by atoms with van der Waals surface area (Å²) in [5.41, 5.74) is 3.06. The van der Waals surface area contributed by atoms with Gasteiger partial charge in [-0.05, 0) is 53.2 Å². The van der Waals surface area contributed by atoms with Crippen molar-refractivity contribution in [2.24, 2.45) is 4.99 Å². The molecule has 0 radical (unpaired) electrons. The molecule has 0 amide bonds. The number of nitrogens with one attached hydrogen (secondary N) is 2. The average molecular weight is 386 g/mol. The Kier molecular flexibility index (Phi) is 8.51. The van der Waals surface area contributed by atoms with Crippen LogP contribution >= 0.6 is 0 Å². The Labute approximate surface area is 169 Å². The number of aliphatic imine (C=N–C) groups is 1. The zero-order valence-corrected chi connectivity index (χ0v) is 18.1. The quantitative estimate of drug-likeness (QED) is 0.390. The maximum Gasteiger partial charge on any atom is 0.226 e. The van der Waals surface area contributed by atoms with E-state index in [4.69, 9.17) is 4.42 Å². The second kappa shape index (κ2) is 10.9. The van der Waals surface area contributed by atoms with E-state index >= 15 is 0 Å². The van der Waals surface area contributed by atoms with Crippen molar-refractivity contribution in [2.45, 2.75) is 59.7 Å². The Morgan fingerprint density at radius 2 is 1.79 bits per heavy atom. The fourth-order valence-corrected chi connectivity index (χ4v) is 3.19. The van der Waals surface area contributed by atoms with Crippen LogP contribution in [0.2, 0.25) is 0 Å². The maximum atomic E-state index is 5.61. The van der Waals surface area contributed by atoms with Gasteiger partial charge < -0.3 is 15.1 Å². The number of hydrogen-bond acceptors (Lipinski definition) is 4. The first kappa shape index (κ1) is 22.0. The third-order valence-electron chi connectivity index (χ3n) is 4.72. The maximum absolute atomic E-state index is 5.61. The van der Waals surface area contributed by atoms with Gasteiger partial charge in [0.25, 0.3) is 0 Å². The Balaban J connectivity index is 1.77. The first-order chi connectivity index (χ1) is 13.4. The summed E-state index contributed by atoms with van der Waals surface area (Å²) in [5, 5.41) is 6.67. The van der Waals surface area contributed by atoms with E-state index in [1.54, 1.807) is 13.3 Å². The van der Waals surface area contributed by atoms with Crippen LogP contribution in [-0.4, -0.2) is 48.1 Å². The van der Waals surface area contributed by atoms with E-state index in [2.05, 4.69) is 72.3 Å². The molecule has 1 aromatic heterocycles. The molecule has 1 aromatic carbocycles. The molecule has 6 heteroatoms. The smallest absolute Gasteiger partial charge is 0.226 e. The molecule has 0 aliphatic rings. The van der Waals surface area contributed by atoms with Crippen molar-refractivity contribution in [3.05, 3.63) is 41.8 Å². The molecule has 2 rings (SSSR count). The van der Waals surface area contributed by atoms with E-state index in [-0.39, 0.29) is 0 Å². The van der Waals surface area contributed by atoms with Crippen molar-refractivity contribution in [1.82, 2.24) is 20.5 Å². The molecule has 1 heterocycles. The predicted octanol–water partition coefficient (Wildman–Crippen LogP) is 3.82. The number of oxazole rings is 1. The largest absolute Gasteiger partial charge is 0.444 e. The van der Waals surface area contributed by atoms with E-state index in [1.165, 1.54) is 5.56 Å². The lowest BCUT2D eigenvalue weighted by Gasteiger charge is -2.30. The molecule has 2 aromatic rings. The molecule has 2 N–H and O–H groups in total. The highest BCUT2D eigenvalue weighted by atomic mass is 16.3. The van der Waals surface area contributed by atoms with Crippen LogP contribution in [0.25, 0.3) is 11.5 Å². The lowest BCUT2D eigenvalue weighted by atomic mass is 10.1. The van der Waals surface area contributed by atoms with E-state index in [0.29, 0.717) is 24.5 Å². The van der Waals surface area contributed by atoms with Gasteiger partial charge in [-0.25, -0.2) is 4.98 Å². The van der Waals surface area contributed by atoms with Crippen LogP contribution in [0, 0.1) is 6.92 Å². The van der Waals surface area contributed by atoms with Gasteiger partial charge in [0.1, 0.15) is 6.26 Å². The van der Waals surface area contributed by atoms with Crippen LogP contribution in [0.15, 0.2) is 39.9 Å². The number of aryl methyl sites for hydroxylation is 1. The molecule has 0 atom stereocenters. The van der Waals surface area contributed by atoms with Gasteiger partial charge in [0.2, 0.25) is 5.89 Å². The van der Waals surface area contributed by atoms with Crippen molar-refractivity contribution in [3.8, 4) is 11.5 Å². The average Bonchev–Trinajstić information content (AvgIpc) is 3.13. The number of hydrogen-bond donors (Lipinski definition) is 2. The molecule has 28 heavy (non-hydrogen) atoms. The molecule has 0 fully saturated rings. The molecular formula is C22H35N5O. The first-order valence-corrected chi connectivity index (χ1v) is 10.1. The zero-order chi connectivity index (χ0) is 20.5. The van der Waals surface area contributed by atoms with Crippen LogP contribution in [0.3, 0.4) is 0 Å². The Bertz CT molecular complexity index is 726. The van der Waals surface area contributed by atoms with E-state index in [0.717, 1.165) is 36.7 Å². The topological polar surface area (TPSA) is 65.7 Å². The molecule has 0 spiro atoms. The van der Waals surface area contributed by atoms with Crippen molar-refractivity contribution < 1.29 is 4.42 Å². The second-order valence-electron chi connectivity index (χ2n) is 7.64. The number of rotatable bonds is 9. The predicted molar refractivity (Wildman–Crippen MR) is 116 cm³/mol. The van der Waals surface area contributed by atoms with Gasteiger partial charge >= 0.3 is 0 Å². The second-order valence-corrected chi connectivity index (χ2v) is 7.64. The number of nitrogens with zero attached hydrogens (tertiary/aromatic N) is 3. The van der Waals surface area contributed by atoms with Crippen LogP contribution in [0.4, 0.5) is 0 Å². The SMILES string of the molecule is CN=C(NCCCN(C(C)C)C(C)C)NCc1coc(-c2ccc(C)cc2)n1. The molecule has 0 bridgehead atoms. The molecule has 0 saturated heterocycles. The van der Waals surface area contributed by atoms with Crippen LogP contribution < -0.4 is 10.6 Å². The zero-order valence-electron chi connectivity index (χ0n) is 18.1. The fourth-order valence-electron chi connectivity index (χ4n) is 3.19. The van der Waals surface area contributed by atoms with Gasteiger partial charge in [-0.2, -0.15) is 0 Å². The summed E-state index contributed by atoms with van der Waals surface area (Å²) in [5.74, 6) is 1.42. The summed E-state index contributed by atoms with van der Waals surface area (Å²) < 4.78 is 5.61. The van der Waals surface area contributed by atoms with Crippen molar-refractivity contribution >= 4 is 5.96 Å². The molecule has 0 unspecified atom stereocenters. The Morgan fingerprint density at radius 1 is 1.11 bits per heavy atom. The standard InChI is InChI=1S/C22H35N5O/c1-16(2)27(17(3)4)13-7-12-24-22(23-6)25-14-20-15-28-21(26-20)19-10-8-18(5)9-11-19/h8-11,15-17H,7,12-14H2,1-6H3,(H2,23,24,25). The first-order valence-electron chi connectivity index (χ1n) is 10.1. The molecule has 0 aliphatic heterocycles.